The van der Waals surface area contributed by atoms with Gasteiger partial charge in [0.15, 0.2) is 6.10 Å². The van der Waals surface area contributed by atoms with Crippen molar-refractivity contribution in [2.24, 2.45) is 17.8 Å². The van der Waals surface area contributed by atoms with E-state index in [0.29, 0.717) is 16.9 Å². The van der Waals surface area contributed by atoms with Gasteiger partial charge in [-0.15, -0.1) is 0 Å². The van der Waals surface area contributed by atoms with Gasteiger partial charge in [-0.2, -0.15) is 5.06 Å². The second-order valence-electron chi connectivity index (χ2n) is 6.72. The zero-order valence-corrected chi connectivity index (χ0v) is 13.3. The Hall–Kier alpha value is -1.34. The Labute approximate surface area is 130 Å². The Balaban J connectivity index is 2.12. The Kier molecular flexibility index (Phi) is 5.28. The zero-order chi connectivity index (χ0) is 16.4. The van der Waals surface area contributed by atoms with Gasteiger partial charge in [0.2, 0.25) is 0 Å². The quantitative estimate of drug-likeness (QED) is 0.605. The molecule has 22 heavy (non-hydrogen) atoms. The van der Waals surface area contributed by atoms with Crippen molar-refractivity contribution in [3.8, 4) is 0 Å². The number of carbonyl (C=O) groups excluding carboxylic acids is 1. The van der Waals surface area contributed by atoms with Crippen LogP contribution in [0.2, 0.25) is 0 Å². The number of hydrogen-bond acceptors (Lipinski definition) is 5. The average Bonchev–Trinajstić information content (AvgIpc) is 2.76. The number of cyclic esters (lactones) is 1. The fraction of sp³-hybridized carbons (Fsp3) is 0.867. The van der Waals surface area contributed by atoms with Crippen molar-refractivity contribution >= 4 is 12.1 Å². The normalized spacial score (nSPS) is 35.5. The lowest BCUT2D eigenvalue weighted by molar-refractivity contribution is -0.228. The molecule has 1 aliphatic heterocycles. The van der Waals surface area contributed by atoms with Crippen LogP contribution >= 0.6 is 0 Å². The van der Waals surface area contributed by atoms with Crippen molar-refractivity contribution in [2.75, 3.05) is 6.61 Å². The van der Waals surface area contributed by atoms with E-state index in [0.717, 1.165) is 19.3 Å². The van der Waals surface area contributed by atoms with E-state index in [2.05, 4.69) is 20.8 Å². The van der Waals surface area contributed by atoms with E-state index in [4.69, 9.17) is 9.57 Å². The molecule has 1 saturated carbocycles. The number of amides is 1. The van der Waals surface area contributed by atoms with Crippen molar-refractivity contribution in [2.45, 2.75) is 58.3 Å². The van der Waals surface area contributed by atoms with Gasteiger partial charge in [0.1, 0.15) is 12.6 Å². The van der Waals surface area contributed by atoms with E-state index in [1.165, 1.54) is 0 Å². The van der Waals surface area contributed by atoms with Crippen LogP contribution in [0.1, 0.15) is 40.0 Å². The molecular formula is C15H25NO6. The molecule has 7 heteroatoms. The molecule has 7 nitrogen and oxygen atoms in total. The number of ether oxygens (including phenoxy) is 1. The van der Waals surface area contributed by atoms with Crippen LogP contribution in [0.4, 0.5) is 4.79 Å². The number of hydroxylamine groups is 2. The highest BCUT2D eigenvalue weighted by Crippen LogP contribution is 2.36. The van der Waals surface area contributed by atoms with Gasteiger partial charge in [-0.05, 0) is 30.6 Å². The van der Waals surface area contributed by atoms with Crippen molar-refractivity contribution in [3.63, 3.8) is 0 Å². The zero-order valence-electron chi connectivity index (χ0n) is 13.3. The highest BCUT2D eigenvalue weighted by Gasteiger charge is 2.44. The maximum atomic E-state index is 11.5. The van der Waals surface area contributed by atoms with E-state index in [-0.39, 0.29) is 18.6 Å². The summed E-state index contributed by atoms with van der Waals surface area (Å²) in [5, 5.41) is 19.9. The first-order chi connectivity index (χ1) is 10.3. The van der Waals surface area contributed by atoms with Crippen LogP contribution in [0, 0.1) is 17.8 Å². The summed E-state index contributed by atoms with van der Waals surface area (Å²) in [5.74, 6) is 0.284. The van der Waals surface area contributed by atoms with Gasteiger partial charge in [0.25, 0.3) is 0 Å². The average molecular weight is 315 g/mol. The monoisotopic (exact) mass is 315 g/mol. The Morgan fingerprint density at radius 3 is 2.59 bits per heavy atom. The van der Waals surface area contributed by atoms with Crippen LogP contribution in [0.5, 0.6) is 0 Å². The molecule has 1 heterocycles. The Morgan fingerprint density at radius 2 is 2.09 bits per heavy atom. The summed E-state index contributed by atoms with van der Waals surface area (Å²) in [7, 11) is 0. The molecule has 1 aliphatic carbocycles. The molecule has 0 radical (unpaired) electrons. The number of esters is 1. The maximum absolute atomic E-state index is 11.5. The van der Waals surface area contributed by atoms with Gasteiger partial charge in [0.05, 0.1) is 6.10 Å². The number of rotatable bonds is 4. The van der Waals surface area contributed by atoms with E-state index in [1.807, 2.05) is 0 Å². The standard InChI is InChI=1S/C15H25NO6/c1-8(2)10-5-4-9(3)6-12(10)22-16(15(19)20)11-7-21-14(18)13(11)17/h8-13,17H,4-7H2,1-3H3,(H,19,20)/t9-,10+,11-,12?,13+/m1/s1. The van der Waals surface area contributed by atoms with Gasteiger partial charge in [-0.1, -0.05) is 27.2 Å². The largest absolute Gasteiger partial charge is 0.463 e. The van der Waals surface area contributed by atoms with Crippen LogP contribution in [0.15, 0.2) is 0 Å². The summed E-state index contributed by atoms with van der Waals surface area (Å²) >= 11 is 0. The second kappa shape index (κ2) is 6.83. The van der Waals surface area contributed by atoms with Gasteiger partial charge in [0, 0.05) is 0 Å². The molecule has 1 unspecified atom stereocenters. The molecule has 0 spiro atoms. The SMILES string of the molecule is CC(C)[C@@H]1CC[C@@H](C)CC1ON(C(=O)O)[C@@H]1COC(=O)[C@H]1O. The highest BCUT2D eigenvalue weighted by atomic mass is 16.7. The summed E-state index contributed by atoms with van der Waals surface area (Å²) in [4.78, 5) is 28.5. The number of hydrogen-bond donors (Lipinski definition) is 2. The van der Waals surface area contributed by atoms with Crippen molar-refractivity contribution < 1.29 is 29.4 Å². The lowest BCUT2D eigenvalue weighted by atomic mass is 9.75. The minimum atomic E-state index is -1.49. The van der Waals surface area contributed by atoms with Crippen molar-refractivity contribution in [1.29, 1.82) is 0 Å². The lowest BCUT2D eigenvalue weighted by Crippen LogP contribution is -2.50. The molecule has 2 fully saturated rings. The Bertz CT molecular complexity index is 426. The van der Waals surface area contributed by atoms with E-state index in [1.54, 1.807) is 0 Å². The number of carbonyl (C=O) groups is 2. The first kappa shape index (κ1) is 17.0. The topological polar surface area (TPSA) is 96.3 Å². The molecule has 1 amide bonds. The number of carboxylic acid groups (broad SMARTS) is 1. The number of aliphatic hydroxyl groups is 1. The molecule has 0 aromatic rings. The number of nitrogens with zero attached hydrogens (tertiary/aromatic N) is 1. The maximum Gasteiger partial charge on any atom is 0.431 e. The molecule has 5 atom stereocenters. The lowest BCUT2D eigenvalue weighted by Gasteiger charge is -2.39. The first-order valence-electron chi connectivity index (χ1n) is 7.84. The minimum Gasteiger partial charge on any atom is -0.463 e. The van der Waals surface area contributed by atoms with Crippen molar-refractivity contribution in [3.05, 3.63) is 0 Å². The molecule has 2 rings (SSSR count). The molecule has 0 aromatic heterocycles. The molecular weight excluding hydrogens is 290 g/mol. The van der Waals surface area contributed by atoms with Gasteiger partial charge in [-0.3, -0.25) is 4.84 Å². The minimum absolute atomic E-state index is 0.180. The van der Waals surface area contributed by atoms with Crippen LogP contribution in [0.25, 0.3) is 0 Å². The molecule has 0 aromatic carbocycles. The van der Waals surface area contributed by atoms with Gasteiger partial charge >= 0.3 is 12.1 Å². The first-order valence-corrected chi connectivity index (χ1v) is 7.84. The molecule has 1 saturated heterocycles. The summed E-state index contributed by atoms with van der Waals surface area (Å²) in [6, 6.07) is -1.00. The van der Waals surface area contributed by atoms with Crippen LogP contribution in [-0.4, -0.2) is 52.2 Å². The molecule has 0 bridgehead atoms. The molecule has 2 aliphatic rings. The van der Waals surface area contributed by atoms with E-state index < -0.39 is 24.2 Å². The van der Waals surface area contributed by atoms with Crippen LogP contribution in [0.3, 0.4) is 0 Å². The molecule has 126 valence electrons. The summed E-state index contributed by atoms with van der Waals surface area (Å²) < 4.78 is 4.72. The highest BCUT2D eigenvalue weighted by molar-refractivity contribution is 5.78. The summed E-state index contributed by atoms with van der Waals surface area (Å²) in [6.07, 6.45) is -0.187. The van der Waals surface area contributed by atoms with Crippen LogP contribution in [-0.2, 0) is 14.4 Å². The summed E-state index contributed by atoms with van der Waals surface area (Å²) in [5.41, 5.74) is 0. The molecule has 2 N–H and O–H groups in total. The van der Waals surface area contributed by atoms with Crippen LogP contribution < -0.4 is 0 Å². The number of aliphatic hydroxyl groups excluding tert-OH is 1. The second-order valence-corrected chi connectivity index (χ2v) is 6.72. The third kappa shape index (κ3) is 3.52. The van der Waals surface area contributed by atoms with E-state index >= 15 is 0 Å². The smallest absolute Gasteiger partial charge is 0.431 e. The fourth-order valence-electron chi connectivity index (χ4n) is 3.34. The van der Waals surface area contributed by atoms with Gasteiger partial charge in [-0.25, -0.2) is 9.59 Å². The van der Waals surface area contributed by atoms with Gasteiger partial charge < -0.3 is 14.9 Å². The van der Waals surface area contributed by atoms with Crippen molar-refractivity contribution in [1.82, 2.24) is 5.06 Å². The predicted molar refractivity (Wildman–Crippen MR) is 76.8 cm³/mol. The Morgan fingerprint density at radius 1 is 1.41 bits per heavy atom. The summed E-state index contributed by atoms with van der Waals surface area (Å²) in [6.45, 7) is 6.13. The fourth-order valence-corrected chi connectivity index (χ4v) is 3.34. The van der Waals surface area contributed by atoms with E-state index in [9.17, 15) is 19.8 Å². The third-order valence-corrected chi connectivity index (χ3v) is 4.70. The third-order valence-electron chi connectivity index (χ3n) is 4.70. The predicted octanol–water partition coefficient (Wildman–Crippen LogP) is 1.65.